The number of aliphatic hydroxyl groups excluding tert-OH is 1. The van der Waals surface area contributed by atoms with Crippen molar-refractivity contribution < 1.29 is 5.11 Å². The molecular weight excluding hydrogens is 246 g/mol. The van der Waals surface area contributed by atoms with Gasteiger partial charge in [0.25, 0.3) is 0 Å². The smallest absolute Gasteiger partial charge is 0.117 e. The lowest BCUT2D eigenvalue weighted by atomic mass is 10.0. The standard InChI is InChI=1S/C13H11N3OS/c1-8-13(18-16-15-8)12(17)10-5-4-9-3-2-6-14-11(9)7-10/h2-7,12,17H,1H3. The van der Waals surface area contributed by atoms with Gasteiger partial charge in [0.1, 0.15) is 6.10 Å². The van der Waals surface area contributed by atoms with Crippen molar-refractivity contribution >= 4 is 22.4 Å². The van der Waals surface area contributed by atoms with E-state index < -0.39 is 6.10 Å². The van der Waals surface area contributed by atoms with E-state index in [0.717, 1.165) is 27.0 Å². The molecule has 0 amide bonds. The topological polar surface area (TPSA) is 58.9 Å². The van der Waals surface area contributed by atoms with E-state index >= 15 is 0 Å². The molecule has 0 bridgehead atoms. The summed E-state index contributed by atoms with van der Waals surface area (Å²) in [6.07, 6.45) is 1.06. The fraction of sp³-hybridized carbons (Fsp3) is 0.154. The summed E-state index contributed by atoms with van der Waals surface area (Å²) in [4.78, 5) is 5.07. The van der Waals surface area contributed by atoms with E-state index in [-0.39, 0.29) is 0 Å². The van der Waals surface area contributed by atoms with Crippen LogP contribution < -0.4 is 0 Å². The first-order chi connectivity index (χ1) is 8.75. The number of aryl methyl sites for hydroxylation is 1. The molecule has 90 valence electrons. The molecule has 3 aromatic rings. The average Bonchev–Trinajstić information content (AvgIpc) is 2.83. The molecule has 1 aromatic carbocycles. The van der Waals surface area contributed by atoms with E-state index in [1.54, 1.807) is 6.20 Å². The summed E-state index contributed by atoms with van der Waals surface area (Å²) in [5.74, 6) is 0. The van der Waals surface area contributed by atoms with Gasteiger partial charge in [-0.05, 0) is 36.2 Å². The highest BCUT2D eigenvalue weighted by atomic mass is 32.1. The number of pyridine rings is 1. The van der Waals surface area contributed by atoms with Crippen LogP contribution in [0.3, 0.4) is 0 Å². The SMILES string of the molecule is Cc1nnsc1C(O)c1ccc2cccnc2c1. The van der Waals surface area contributed by atoms with E-state index in [4.69, 9.17) is 0 Å². The lowest BCUT2D eigenvalue weighted by Crippen LogP contribution is -1.99. The largest absolute Gasteiger partial charge is 0.383 e. The Morgan fingerprint density at radius 2 is 2.17 bits per heavy atom. The predicted molar refractivity (Wildman–Crippen MR) is 70.5 cm³/mol. The molecule has 2 heterocycles. The quantitative estimate of drug-likeness (QED) is 0.766. The molecule has 5 heteroatoms. The number of hydrogen-bond acceptors (Lipinski definition) is 5. The van der Waals surface area contributed by atoms with Crippen LogP contribution in [0.15, 0.2) is 36.5 Å². The van der Waals surface area contributed by atoms with Gasteiger partial charge in [0.15, 0.2) is 0 Å². The van der Waals surface area contributed by atoms with Gasteiger partial charge in [0, 0.05) is 11.6 Å². The molecule has 18 heavy (non-hydrogen) atoms. The van der Waals surface area contributed by atoms with E-state index in [2.05, 4.69) is 14.6 Å². The Morgan fingerprint density at radius 3 is 2.94 bits per heavy atom. The predicted octanol–water partition coefficient (Wildman–Crippen LogP) is 2.48. The minimum absolute atomic E-state index is 0.684. The van der Waals surface area contributed by atoms with Crippen LogP contribution in [-0.4, -0.2) is 19.7 Å². The number of hydrogen-bond donors (Lipinski definition) is 1. The highest BCUT2D eigenvalue weighted by Crippen LogP contribution is 2.28. The van der Waals surface area contributed by atoms with Gasteiger partial charge in [-0.15, -0.1) is 5.10 Å². The number of aliphatic hydroxyl groups is 1. The van der Waals surface area contributed by atoms with Crippen molar-refractivity contribution in [3.05, 3.63) is 52.7 Å². The van der Waals surface area contributed by atoms with E-state index in [9.17, 15) is 5.11 Å². The molecule has 1 N–H and O–H groups in total. The van der Waals surface area contributed by atoms with Crippen LogP contribution in [0.2, 0.25) is 0 Å². The molecule has 1 unspecified atom stereocenters. The van der Waals surface area contributed by atoms with Gasteiger partial charge in [-0.1, -0.05) is 22.7 Å². The minimum atomic E-state index is -0.684. The fourth-order valence-electron chi connectivity index (χ4n) is 1.89. The highest BCUT2D eigenvalue weighted by molar-refractivity contribution is 7.05. The first-order valence-corrected chi connectivity index (χ1v) is 6.34. The summed E-state index contributed by atoms with van der Waals surface area (Å²) in [6, 6.07) is 9.67. The summed E-state index contributed by atoms with van der Waals surface area (Å²) in [7, 11) is 0. The number of nitrogens with zero attached hydrogens (tertiary/aromatic N) is 3. The maximum atomic E-state index is 10.3. The molecule has 0 aliphatic heterocycles. The van der Waals surface area contributed by atoms with Gasteiger partial charge in [0.2, 0.25) is 0 Å². The van der Waals surface area contributed by atoms with Crippen LogP contribution in [-0.2, 0) is 0 Å². The Bertz CT molecular complexity index is 695. The number of aromatic nitrogens is 3. The van der Waals surface area contributed by atoms with Crippen LogP contribution >= 0.6 is 11.5 Å². The Kier molecular flexibility index (Phi) is 2.77. The average molecular weight is 257 g/mol. The first-order valence-electron chi connectivity index (χ1n) is 5.57. The van der Waals surface area contributed by atoms with Gasteiger partial charge >= 0.3 is 0 Å². The third-order valence-electron chi connectivity index (χ3n) is 2.88. The minimum Gasteiger partial charge on any atom is -0.383 e. The van der Waals surface area contributed by atoms with Crippen LogP contribution in [0.25, 0.3) is 10.9 Å². The lowest BCUT2D eigenvalue weighted by Gasteiger charge is -2.09. The maximum Gasteiger partial charge on any atom is 0.117 e. The second-order valence-corrected chi connectivity index (χ2v) is 4.87. The first kappa shape index (κ1) is 11.3. The van der Waals surface area contributed by atoms with Gasteiger partial charge in [0.05, 0.1) is 16.1 Å². The maximum absolute atomic E-state index is 10.3. The zero-order valence-corrected chi connectivity index (χ0v) is 10.6. The van der Waals surface area contributed by atoms with Gasteiger partial charge in [-0.2, -0.15) is 0 Å². The number of fused-ring (bicyclic) bond motifs is 1. The van der Waals surface area contributed by atoms with E-state index in [1.807, 2.05) is 37.3 Å². The molecule has 4 nitrogen and oxygen atoms in total. The lowest BCUT2D eigenvalue weighted by molar-refractivity contribution is 0.223. The summed E-state index contributed by atoms with van der Waals surface area (Å²) < 4.78 is 3.85. The molecule has 0 saturated heterocycles. The molecule has 2 aromatic heterocycles. The molecular formula is C13H11N3OS. The van der Waals surface area contributed by atoms with E-state index in [1.165, 1.54) is 11.5 Å². The van der Waals surface area contributed by atoms with Gasteiger partial charge in [-0.25, -0.2) is 0 Å². The third-order valence-corrected chi connectivity index (χ3v) is 3.76. The van der Waals surface area contributed by atoms with Gasteiger partial charge in [-0.3, -0.25) is 4.98 Å². The van der Waals surface area contributed by atoms with Gasteiger partial charge < -0.3 is 5.11 Å². The molecule has 0 saturated carbocycles. The normalized spacial score (nSPS) is 12.8. The molecule has 0 radical (unpaired) electrons. The zero-order chi connectivity index (χ0) is 12.5. The second kappa shape index (κ2) is 4.44. The van der Waals surface area contributed by atoms with Crippen LogP contribution in [0.1, 0.15) is 22.2 Å². The van der Waals surface area contributed by atoms with Crippen molar-refractivity contribution in [3.8, 4) is 0 Å². The summed E-state index contributed by atoms with van der Waals surface area (Å²) in [5, 5.41) is 15.3. The van der Waals surface area contributed by atoms with Crippen LogP contribution in [0, 0.1) is 6.92 Å². The summed E-state index contributed by atoms with van der Waals surface area (Å²) >= 11 is 1.23. The molecule has 0 fully saturated rings. The zero-order valence-electron chi connectivity index (χ0n) is 9.74. The molecule has 1 atom stereocenters. The Labute approximate surface area is 108 Å². The Balaban J connectivity index is 2.07. The van der Waals surface area contributed by atoms with E-state index in [0.29, 0.717) is 0 Å². The molecule has 3 rings (SSSR count). The molecule has 0 spiro atoms. The number of benzene rings is 1. The van der Waals surface area contributed by atoms with Crippen molar-refractivity contribution in [2.45, 2.75) is 13.0 Å². The van der Waals surface area contributed by atoms with Crippen molar-refractivity contribution in [1.29, 1.82) is 0 Å². The second-order valence-electron chi connectivity index (χ2n) is 4.08. The van der Waals surface area contributed by atoms with Crippen molar-refractivity contribution in [2.24, 2.45) is 0 Å². The van der Waals surface area contributed by atoms with Crippen molar-refractivity contribution in [1.82, 2.24) is 14.6 Å². The van der Waals surface area contributed by atoms with Crippen molar-refractivity contribution in [3.63, 3.8) is 0 Å². The van der Waals surface area contributed by atoms with Crippen molar-refractivity contribution in [2.75, 3.05) is 0 Å². The Hall–Kier alpha value is -1.85. The summed E-state index contributed by atoms with van der Waals surface area (Å²) in [5.41, 5.74) is 2.47. The number of rotatable bonds is 2. The highest BCUT2D eigenvalue weighted by Gasteiger charge is 2.16. The monoisotopic (exact) mass is 257 g/mol. The summed E-state index contributed by atoms with van der Waals surface area (Å²) in [6.45, 7) is 1.85. The fourth-order valence-corrected chi connectivity index (χ4v) is 2.55. The van der Waals surface area contributed by atoms with Crippen LogP contribution in [0.4, 0.5) is 0 Å². The Morgan fingerprint density at radius 1 is 1.28 bits per heavy atom. The third kappa shape index (κ3) is 1.87. The van der Waals surface area contributed by atoms with Crippen LogP contribution in [0.5, 0.6) is 0 Å². The molecule has 0 aliphatic rings. The molecule has 0 aliphatic carbocycles.